The second-order valence-corrected chi connectivity index (χ2v) is 4.68. The van der Waals surface area contributed by atoms with Gasteiger partial charge in [0, 0.05) is 32.2 Å². The zero-order chi connectivity index (χ0) is 12.4. The number of anilines is 1. The Bertz CT molecular complexity index is 388. The summed E-state index contributed by atoms with van der Waals surface area (Å²) in [7, 11) is 1.97. The number of nitrogens with one attached hydrogen (secondary N) is 1. The molecule has 5 nitrogen and oxygen atoms in total. The fraction of sp³-hybridized carbons (Fsp3) is 0.750. The molecule has 0 saturated carbocycles. The Morgan fingerprint density at radius 2 is 2.29 bits per heavy atom. The van der Waals surface area contributed by atoms with E-state index in [-0.39, 0.29) is 6.10 Å². The van der Waals surface area contributed by atoms with Gasteiger partial charge in [0.25, 0.3) is 0 Å². The summed E-state index contributed by atoms with van der Waals surface area (Å²) in [5.41, 5.74) is 2.33. The topological polar surface area (TPSA) is 53.3 Å². The van der Waals surface area contributed by atoms with Gasteiger partial charge in [-0.05, 0) is 19.9 Å². The van der Waals surface area contributed by atoms with E-state index in [0.717, 1.165) is 44.1 Å². The van der Waals surface area contributed by atoms with Gasteiger partial charge < -0.3 is 15.3 Å². The van der Waals surface area contributed by atoms with Crippen LogP contribution in [0.4, 0.5) is 5.82 Å². The van der Waals surface area contributed by atoms with Crippen LogP contribution in [0.3, 0.4) is 0 Å². The molecule has 0 radical (unpaired) electrons. The molecule has 1 aliphatic rings. The van der Waals surface area contributed by atoms with Crippen molar-refractivity contribution < 1.29 is 5.11 Å². The van der Waals surface area contributed by atoms with Gasteiger partial charge in [-0.25, -0.2) is 0 Å². The summed E-state index contributed by atoms with van der Waals surface area (Å²) in [6.45, 7) is 7.58. The highest BCUT2D eigenvalue weighted by Gasteiger charge is 2.26. The Morgan fingerprint density at radius 1 is 1.53 bits per heavy atom. The zero-order valence-corrected chi connectivity index (χ0v) is 10.9. The molecular weight excluding hydrogens is 216 g/mol. The van der Waals surface area contributed by atoms with Crippen molar-refractivity contribution in [3.8, 4) is 0 Å². The van der Waals surface area contributed by atoms with E-state index < -0.39 is 0 Å². The molecule has 0 aromatic carbocycles. The van der Waals surface area contributed by atoms with Crippen LogP contribution in [0.15, 0.2) is 0 Å². The number of nitrogens with zero attached hydrogens (tertiary/aromatic N) is 3. The molecule has 1 aromatic rings. The minimum Gasteiger partial charge on any atom is -0.391 e. The fourth-order valence-corrected chi connectivity index (χ4v) is 2.48. The summed E-state index contributed by atoms with van der Waals surface area (Å²) < 4.78 is 1.93. The molecule has 0 bridgehead atoms. The number of aryl methyl sites for hydroxylation is 2. The predicted molar refractivity (Wildman–Crippen MR) is 68.2 cm³/mol. The molecule has 1 fully saturated rings. The van der Waals surface area contributed by atoms with Crippen molar-refractivity contribution in [1.82, 2.24) is 15.1 Å². The van der Waals surface area contributed by atoms with E-state index in [1.165, 1.54) is 5.56 Å². The summed E-state index contributed by atoms with van der Waals surface area (Å²) >= 11 is 0. The zero-order valence-electron chi connectivity index (χ0n) is 10.9. The first kappa shape index (κ1) is 12.4. The van der Waals surface area contributed by atoms with Gasteiger partial charge in [0.1, 0.15) is 5.82 Å². The Hall–Kier alpha value is -1.07. The van der Waals surface area contributed by atoms with Gasteiger partial charge in [-0.3, -0.25) is 4.68 Å². The smallest absolute Gasteiger partial charge is 0.131 e. The van der Waals surface area contributed by atoms with Crippen LogP contribution in [-0.4, -0.2) is 40.6 Å². The average Bonchev–Trinajstić information content (AvgIpc) is 2.80. The monoisotopic (exact) mass is 238 g/mol. The number of aliphatic hydroxyl groups is 1. The van der Waals surface area contributed by atoms with Crippen LogP contribution in [0, 0.1) is 6.92 Å². The van der Waals surface area contributed by atoms with E-state index in [4.69, 9.17) is 0 Å². The number of β-amino-alcohol motifs (C(OH)–C–C–N with tert-alkyl or cyclic N) is 1. The van der Waals surface area contributed by atoms with Gasteiger partial charge in [-0.15, -0.1) is 0 Å². The van der Waals surface area contributed by atoms with Crippen molar-refractivity contribution in [2.24, 2.45) is 7.05 Å². The molecule has 1 unspecified atom stereocenters. The largest absolute Gasteiger partial charge is 0.391 e. The lowest BCUT2D eigenvalue weighted by Gasteiger charge is -2.20. The van der Waals surface area contributed by atoms with Crippen LogP contribution >= 0.6 is 0 Å². The molecule has 0 spiro atoms. The quantitative estimate of drug-likeness (QED) is 0.798. The van der Waals surface area contributed by atoms with Gasteiger partial charge in [-0.2, -0.15) is 5.10 Å². The van der Waals surface area contributed by atoms with E-state index in [1.807, 2.05) is 18.7 Å². The van der Waals surface area contributed by atoms with Gasteiger partial charge in [0.2, 0.25) is 0 Å². The molecule has 1 atom stereocenters. The van der Waals surface area contributed by atoms with Gasteiger partial charge in [-0.1, -0.05) is 6.92 Å². The van der Waals surface area contributed by atoms with Gasteiger partial charge in [0.05, 0.1) is 11.8 Å². The molecule has 1 aliphatic heterocycles. The second-order valence-electron chi connectivity index (χ2n) is 4.68. The third-order valence-corrected chi connectivity index (χ3v) is 3.33. The van der Waals surface area contributed by atoms with Crippen LogP contribution in [0.2, 0.25) is 0 Å². The Morgan fingerprint density at radius 3 is 2.88 bits per heavy atom. The molecule has 2 rings (SSSR count). The standard InChI is InChI=1S/C12H22N4O/c1-4-13-7-11-9(2)14-15(3)12(11)16-6-5-10(17)8-16/h10,13,17H,4-8H2,1-3H3. The lowest BCUT2D eigenvalue weighted by Crippen LogP contribution is -2.25. The molecule has 0 aliphatic carbocycles. The van der Waals surface area contributed by atoms with E-state index in [2.05, 4.69) is 22.2 Å². The Balaban J connectivity index is 2.24. The van der Waals surface area contributed by atoms with Gasteiger partial charge in [0.15, 0.2) is 0 Å². The molecule has 0 amide bonds. The maximum Gasteiger partial charge on any atom is 0.131 e. The second kappa shape index (κ2) is 5.06. The summed E-state index contributed by atoms with van der Waals surface area (Å²) in [6, 6.07) is 0. The van der Waals surface area contributed by atoms with Crippen molar-refractivity contribution >= 4 is 5.82 Å². The van der Waals surface area contributed by atoms with Crippen LogP contribution in [0.1, 0.15) is 24.6 Å². The van der Waals surface area contributed by atoms with E-state index in [1.54, 1.807) is 0 Å². The van der Waals surface area contributed by atoms with Crippen molar-refractivity contribution in [2.45, 2.75) is 32.9 Å². The highest BCUT2D eigenvalue weighted by molar-refractivity contribution is 5.51. The first-order valence-corrected chi connectivity index (χ1v) is 6.29. The summed E-state index contributed by atoms with van der Waals surface area (Å²) in [5, 5.41) is 17.5. The summed E-state index contributed by atoms with van der Waals surface area (Å²) in [5.74, 6) is 1.15. The van der Waals surface area contributed by atoms with Crippen molar-refractivity contribution in [3.05, 3.63) is 11.3 Å². The molecule has 2 N–H and O–H groups in total. The molecule has 1 aromatic heterocycles. The molecular formula is C12H22N4O. The molecule has 96 valence electrons. The molecule has 1 saturated heterocycles. The fourth-order valence-electron chi connectivity index (χ4n) is 2.48. The highest BCUT2D eigenvalue weighted by atomic mass is 16.3. The van der Waals surface area contributed by atoms with Crippen molar-refractivity contribution in [3.63, 3.8) is 0 Å². The van der Waals surface area contributed by atoms with Crippen molar-refractivity contribution in [2.75, 3.05) is 24.5 Å². The molecule has 2 heterocycles. The number of aromatic nitrogens is 2. The average molecular weight is 238 g/mol. The first-order chi connectivity index (χ1) is 8.13. The highest BCUT2D eigenvalue weighted by Crippen LogP contribution is 2.26. The third kappa shape index (κ3) is 2.45. The first-order valence-electron chi connectivity index (χ1n) is 6.29. The van der Waals surface area contributed by atoms with E-state index in [9.17, 15) is 5.11 Å². The van der Waals surface area contributed by atoms with Crippen LogP contribution in [0.5, 0.6) is 0 Å². The van der Waals surface area contributed by atoms with Gasteiger partial charge >= 0.3 is 0 Å². The lowest BCUT2D eigenvalue weighted by molar-refractivity contribution is 0.198. The van der Waals surface area contributed by atoms with Crippen LogP contribution in [0.25, 0.3) is 0 Å². The molecule has 5 heteroatoms. The molecule has 17 heavy (non-hydrogen) atoms. The summed E-state index contributed by atoms with van der Waals surface area (Å²) in [4.78, 5) is 2.23. The normalized spacial score (nSPS) is 20.2. The van der Waals surface area contributed by atoms with E-state index >= 15 is 0 Å². The maximum atomic E-state index is 9.64. The third-order valence-electron chi connectivity index (χ3n) is 3.33. The number of aliphatic hydroxyl groups excluding tert-OH is 1. The van der Waals surface area contributed by atoms with E-state index in [0.29, 0.717) is 0 Å². The minimum absolute atomic E-state index is 0.197. The summed E-state index contributed by atoms with van der Waals surface area (Å²) in [6.07, 6.45) is 0.655. The SMILES string of the molecule is CCNCc1c(C)nn(C)c1N1CCC(O)C1. The number of hydrogen-bond donors (Lipinski definition) is 2. The van der Waals surface area contributed by atoms with Crippen LogP contribution in [-0.2, 0) is 13.6 Å². The lowest BCUT2D eigenvalue weighted by atomic mass is 10.2. The Labute approximate surface area is 102 Å². The predicted octanol–water partition coefficient (Wildman–Crippen LogP) is 0.409. The van der Waals surface area contributed by atoms with Crippen molar-refractivity contribution in [1.29, 1.82) is 0 Å². The number of rotatable bonds is 4. The minimum atomic E-state index is -0.197. The number of hydrogen-bond acceptors (Lipinski definition) is 4. The maximum absolute atomic E-state index is 9.64. The van der Waals surface area contributed by atoms with Crippen LogP contribution < -0.4 is 10.2 Å². The Kier molecular flexibility index (Phi) is 3.69.